The summed E-state index contributed by atoms with van der Waals surface area (Å²) >= 11 is 0. The number of hydrogen-bond acceptors (Lipinski definition) is 5. The Hall–Kier alpha value is -3.07. The lowest BCUT2D eigenvalue weighted by Crippen LogP contribution is -2.51. The van der Waals surface area contributed by atoms with E-state index in [1.807, 2.05) is 36.2 Å². The third kappa shape index (κ3) is 5.67. The normalized spacial score (nSPS) is 17.2. The van der Waals surface area contributed by atoms with E-state index in [0.717, 1.165) is 55.6 Å². The van der Waals surface area contributed by atoms with Crippen LogP contribution in [0.2, 0.25) is 0 Å². The van der Waals surface area contributed by atoms with Gasteiger partial charge in [0, 0.05) is 64.2 Å². The molecule has 2 aliphatic heterocycles. The molecule has 0 unspecified atom stereocenters. The number of ether oxygens (including phenoxy) is 1. The summed E-state index contributed by atoms with van der Waals surface area (Å²) in [7, 11) is 1.84. The molecule has 8 heteroatoms. The summed E-state index contributed by atoms with van der Waals surface area (Å²) < 4.78 is 22.3. The van der Waals surface area contributed by atoms with Gasteiger partial charge in [-0.3, -0.25) is 9.69 Å². The number of hydrogen-bond donors (Lipinski definition) is 1. The van der Waals surface area contributed by atoms with E-state index in [-0.39, 0.29) is 23.9 Å². The average Bonchev–Trinajstić information content (AvgIpc) is 3.32. The lowest BCUT2D eigenvalue weighted by atomic mass is 9.98. The fraction of sp³-hybridized carbons (Fsp3) is 0.429. The van der Waals surface area contributed by atoms with Crippen molar-refractivity contribution in [3.63, 3.8) is 0 Å². The van der Waals surface area contributed by atoms with Crippen molar-refractivity contribution in [2.75, 3.05) is 32.8 Å². The maximum atomic E-state index is 15.0. The highest BCUT2D eigenvalue weighted by molar-refractivity contribution is 5.92. The number of aryl methyl sites for hydroxylation is 1. The number of nitrogens with zero attached hydrogens (tertiary/aromatic N) is 4. The summed E-state index contributed by atoms with van der Waals surface area (Å²) in [6.07, 6.45) is 5.53. The Morgan fingerprint density at radius 2 is 1.97 bits per heavy atom. The minimum atomic E-state index is -0.282. The van der Waals surface area contributed by atoms with Gasteiger partial charge in [-0.1, -0.05) is 30.3 Å². The van der Waals surface area contributed by atoms with Crippen LogP contribution >= 0.6 is 0 Å². The van der Waals surface area contributed by atoms with Crippen molar-refractivity contribution in [3.05, 3.63) is 77.6 Å². The van der Waals surface area contributed by atoms with Crippen LogP contribution in [0.5, 0.6) is 0 Å². The molecular weight excluding hydrogens is 459 g/mol. The number of aliphatic hydroxyl groups is 1. The molecule has 0 bridgehead atoms. The van der Waals surface area contributed by atoms with E-state index >= 15 is 0 Å². The first-order chi connectivity index (χ1) is 17.5. The Kier molecular flexibility index (Phi) is 7.46. The maximum Gasteiger partial charge on any atom is 0.274 e. The van der Waals surface area contributed by atoms with Crippen LogP contribution in [-0.2, 0) is 24.8 Å². The second kappa shape index (κ2) is 10.9. The molecule has 2 saturated heterocycles. The molecule has 0 aliphatic carbocycles. The van der Waals surface area contributed by atoms with Crippen LogP contribution < -0.4 is 0 Å². The molecule has 1 N–H and O–H groups in total. The van der Waals surface area contributed by atoms with E-state index in [0.29, 0.717) is 31.0 Å². The van der Waals surface area contributed by atoms with Gasteiger partial charge in [-0.2, -0.15) is 0 Å². The Bertz CT molecular complexity index is 1200. The number of rotatable bonds is 8. The van der Waals surface area contributed by atoms with Crippen molar-refractivity contribution >= 4 is 5.91 Å². The molecule has 36 heavy (non-hydrogen) atoms. The predicted molar refractivity (Wildman–Crippen MR) is 135 cm³/mol. The molecule has 2 aromatic carbocycles. The fourth-order valence-corrected chi connectivity index (χ4v) is 5.03. The number of likely N-dealkylation sites (tertiary alicyclic amines) is 1. The second-order valence-corrected chi connectivity index (χ2v) is 9.88. The van der Waals surface area contributed by atoms with Gasteiger partial charge in [0.2, 0.25) is 0 Å². The largest absolute Gasteiger partial charge is 0.390 e. The molecule has 3 aromatic rings. The van der Waals surface area contributed by atoms with E-state index in [4.69, 9.17) is 4.74 Å². The summed E-state index contributed by atoms with van der Waals surface area (Å²) in [5, 5.41) is 9.49. The Balaban J connectivity index is 1.36. The van der Waals surface area contributed by atoms with Gasteiger partial charge in [0.05, 0.1) is 12.4 Å². The molecule has 1 aromatic heterocycles. The van der Waals surface area contributed by atoms with Crippen molar-refractivity contribution in [2.24, 2.45) is 7.05 Å². The first kappa shape index (κ1) is 24.6. The highest BCUT2D eigenvalue weighted by Gasteiger charge is 2.28. The van der Waals surface area contributed by atoms with E-state index in [1.54, 1.807) is 23.2 Å². The van der Waals surface area contributed by atoms with Crippen molar-refractivity contribution in [1.82, 2.24) is 19.4 Å². The number of halogens is 1. The topological polar surface area (TPSA) is 70.8 Å². The molecular formula is C28H33FN4O3. The smallest absolute Gasteiger partial charge is 0.274 e. The number of aromatic nitrogens is 2. The lowest BCUT2D eigenvalue weighted by Gasteiger charge is -2.35. The van der Waals surface area contributed by atoms with Crippen LogP contribution in [0, 0.1) is 5.82 Å². The number of carbonyl (C=O) groups excluding carboxylic acids is 1. The summed E-state index contributed by atoms with van der Waals surface area (Å²) in [5.41, 5.74) is 3.78. The van der Waals surface area contributed by atoms with Gasteiger partial charge < -0.3 is 19.3 Å². The Morgan fingerprint density at radius 3 is 2.69 bits per heavy atom. The fourth-order valence-electron chi connectivity index (χ4n) is 5.03. The number of imidazole rings is 1. The quantitative estimate of drug-likeness (QED) is 0.523. The van der Waals surface area contributed by atoms with Crippen LogP contribution in [0.3, 0.4) is 0 Å². The van der Waals surface area contributed by atoms with Gasteiger partial charge in [-0.15, -0.1) is 0 Å². The van der Waals surface area contributed by atoms with Crippen molar-refractivity contribution in [1.29, 1.82) is 0 Å². The van der Waals surface area contributed by atoms with Gasteiger partial charge in [0.15, 0.2) is 0 Å². The molecule has 7 nitrogen and oxygen atoms in total. The van der Waals surface area contributed by atoms with Gasteiger partial charge >= 0.3 is 0 Å². The molecule has 0 atom stereocenters. The summed E-state index contributed by atoms with van der Waals surface area (Å²) in [5.74, 6) is -0.401. The molecule has 2 fully saturated rings. The third-order valence-electron chi connectivity index (χ3n) is 7.09. The van der Waals surface area contributed by atoms with Crippen molar-refractivity contribution < 1.29 is 19.0 Å². The maximum absolute atomic E-state index is 15.0. The van der Waals surface area contributed by atoms with E-state index < -0.39 is 0 Å². The summed E-state index contributed by atoms with van der Waals surface area (Å²) in [6.45, 7) is 3.93. The number of β-amino-alcohol motifs (C(OH)–C–C–N with tert-alkyl or cyclic N) is 1. The SMILES string of the molecule is Cn1cnc(C(=O)N(Cc2ccc(F)c(-c3cccc(CCN4CC(O)C4)c3)c2)C2CCOCC2)c1. The standard InChI is InChI=1S/C28H33FN4O3/c1-31-18-27(30-19-31)28(35)33(23-8-11-36-12-9-23)15-21-5-6-26(29)25(14-21)22-4-2-3-20(13-22)7-10-32-16-24(34)17-32/h2-6,13-14,18-19,23-24,34H,7-12,15-17H2,1H3. The summed E-state index contributed by atoms with van der Waals surface area (Å²) in [4.78, 5) is 21.8. The van der Waals surface area contributed by atoms with Crippen LogP contribution in [0.4, 0.5) is 4.39 Å². The van der Waals surface area contributed by atoms with Gasteiger partial charge in [0.1, 0.15) is 11.5 Å². The zero-order valence-corrected chi connectivity index (χ0v) is 20.6. The number of aliphatic hydroxyl groups excluding tert-OH is 1. The van der Waals surface area contributed by atoms with Crippen LogP contribution in [0.15, 0.2) is 55.0 Å². The first-order valence-electron chi connectivity index (χ1n) is 12.6. The molecule has 5 rings (SSSR count). The van der Waals surface area contributed by atoms with Crippen LogP contribution in [0.25, 0.3) is 11.1 Å². The summed E-state index contributed by atoms with van der Waals surface area (Å²) in [6, 6.07) is 13.1. The monoisotopic (exact) mass is 492 g/mol. The number of carbonyl (C=O) groups is 1. The van der Waals surface area contributed by atoms with Gasteiger partial charge in [0.25, 0.3) is 5.91 Å². The molecule has 2 aliphatic rings. The third-order valence-corrected chi connectivity index (χ3v) is 7.09. The Labute approximate surface area is 211 Å². The molecule has 3 heterocycles. The molecule has 1 amide bonds. The van der Waals surface area contributed by atoms with Crippen LogP contribution in [-0.4, -0.2) is 75.4 Å². The highest BCUT2D eigenvalue weighted by atomic mass is 19.1. The van der Waals surface area contributed by atoms with Crippen LogP contribution in [0.1, 0.15) is 34.5 Å². The van der Waals surface area contributed by atoms with E-state index in [1.165, 1.54) is 6.07 Å². The first-order valence-corrected chi connectivity index (χ1v) is 12.6. The molecule has 0 spiro atoms. The molecule has 190 valence electrons. The highest BCUT2D eigenvalue weighted by Crippen LogP contribution is 2.27. The molecule has 0 radical (unpaired) electrons. The van der Waals surface area contributed by atoms with Gasteiger partial charge in [-0.05, 0) is 48.1 Å². The average molecular weight is 493 g/mol. The predicted octanol–water partition coefficient (Wildman–Crippen LogP) is 3.27. The second-order valence-electron chi connectivity index (χ2n) is 9.88. The van der Waals surface area contributed by atoms with E-state index in [2.05, 4.69) is 16.0 Å². The number of benzene rings is 2. The van der Waals surface area contributed by atoms with E-state index in [9.17, 15) is 14.3 Å². The zero-order valence-electron chi connectivity index (χ0n) is 20.6. The van der Waals surface area contributed by atoms with Crippen molar-refractivity contribution in [2.45, 2.75) is 38.0 Å². The minimum Gasteiger partial charge on any atom is -0.390 e. The van der Waals surface area contributed by atoms with Crippen molar-refractivity contribution in [3.8, 4) is 11.1 Å². The Morgan fingerprint density at radius 1 is 1.17 bits per heavy atom. The lowest BCUT2D eigenvalue weighted by molar-refractivity contribution is 0.00310. The zero-order chi connectivity index (χ0) is 25.1. The van der Waals surface area contributed by atoms with Gasteiger partial charge in [-0.25, -0.2) is 9.37 Å². The minimum absolute atomic E-state index is 0.0464. The number of amides is 1. The molecule has 0 saturated carbocycles.